The molecule has 0 saturated carbocycles. The van der Waals surface area contributed by atoms with Gasteiger partial charge in [0.25, 0.3) is 0 Å². The summed E-state index contributed by atoms with van der Waals surface area (Å²) in [7, 11) is 3.10. The number of methoxy groups -OCH3 is 2. The van der Waals surface area contributed by atoms with Gasteiger partial charge in [-0.25, -0.2) is 0 Å². The molecule has 0 fully saturated rings. The molecule has 168 valence electrons. The van der Waals surface area contributed by atoms with Gasteiger partial charge < -0.3 is 14.8 Å². The maximum atomic E-state index is 13.2. The van der Waals surface area contributed by atoms with Crippen molar-refractivity contribution in [2.45, 2.75) is 37.3 Å². The molecule has 0 bridgehead atoms. The first-order chi connectivity index (χ1) is 15.2. The molecule has 32 heavy (non-hydrogen) atoms. The predicted octanol–water partition coefficient (Wildman–Crippen LogP) is 4.73. The van der Waals surface area contributed by atoms with Gasteiger partial charge in [-0.05, 0) is 42.3 Å². The summed E-state index contributed by atoms with van der Waals surface area (Å²) in [6, 6.07) is 10.0. The SMILES string of the molecule is COc1ccc(OC)c(C2CC(=O)C3=C(C2)NC(=O)CC3c2ccc(C(F)(F)F)cc2)c1. The van der Waals surface area contributed by atoms with E-state index in [9.17, 15) is 22.8 Å². The van der Waals surface area contributed by atoms with Gasteiger partial charge in [0.1, 0.15) is 11.5 Å². The number of alkyl halides is 3. The largest absolute Gasteiger partial charge is 0.497 e. The molecule has 1 aliphatic heterocycles. The normalized spacial score (nSPS) is 21.2. The van der Waals surface area contributed by atoms with E-state index < -0.39 is 17.7 Å². The molecule has 0 radical (unpaired) electrons. The number of carbonyl (C=O) groups excluding carboxylic acids is 2. The maximum Gasteiger partial charge on any atom is 0.416 e. The Hall–Kier alpha value is -3.29. The van der Waals surface area contributed by atoms with Gasteiger partial charge in [-0.2, -0.15) is 13.2 Å². The van der Waals surface area contributed by atoms with Crippen LogP contribution in [0.4, 0.5) is 13.2 Å². The molecular weight excluding hydrogens is 423 g/mol. The van der Waals surface area contributed by atoms with Crippen LogP contribution in [0.2, 0.25) is 0 Å². The maximum absolute atomic E-state index is 13.2. The van der Waals surface area contributed by atoms with Crippen LogP contribution >= 0.6 is 0 Å². The van der Waals surface area contributed by atoms with Crippen LogP contribution in [0.25, 0.3) is 0 Å². The zero-order chi connectivity index (χ0) is 23.0. The fourth-order valence-electron chi connectivity index (χ4n) is 4.53. The van der Waals surface area contributed by atoms with Crippen molar-refractivity contribution in [1.29, 1.82) is 0 Å². The molecule has 2 aliphatic rings. The number of amides is 1. The fourth-order valence-corrected chi connectivity index (χ4v) is 4.53. The fraction of sp³-hybridized carbons (Fsp3) is 0.333. The highest BCUT2D eigenvalue weighted by molar-refractivity contribution is 6.02. The first-order valence-corrected chi connectivity index (χ1v) is 10.2. The van der Waals surface area contributed by atoms with Gasteiger partial charge in [-0.1, -0.05) is 12.1 Å². The van der Waals surface area contributed by atoms with Gasteiger partial charge in [-0.3, -0.25) is 9.59 Å². The van der Waals surface area contributed by atoms with Crippen molar-refractivity contribution >= 4 is 11.7 Å². The molecule has 2 atom stereocenters. The molecule has 2 unspecified atom stereocenters. The lowest BCUT2D eigenvalue weighted by molar-refractivity contribution is -0.137. The first kappa shape index (κ1) is 21.9. The third kappa shape index (κ3) is 4.09. The van der Waals surface area contributed by atoms with Crippen molar-refractivity contribution in [2.24, 2.45) is 0 Å². The minimum Gasteiger partial charge on any atom is -0.497 e. The Labute approximate surface area is 183 Å². The van der Waals surface area contributed by atoms with Crippen LogP contribution in [-0.4, -0.2) is 25.9 Å². The van der Waals surface area contributed by atoms with E-state index in [4.69, 9.17) is 9.47 Å². The van der Waals surface area contributed by atoms with Crippen LogP contribution < -0.4 is 14.8 Å². The van der Waals surface area contributed by atoms with Gasteiger partial charge in [0.05, 0.1) is 19.8 Å². The molecule has 5 nitrogen and oxygen atoms in total. The minimum atomic E-state index is -4.45. The number of nitrogens with one attached hydrogen (secondary N) is 1. The summed E-state index contributed by atoms with van der Waals surface area (Å²) in [5, 5.41) is 2.82. The van der Waals surface area contributed by atoms with Crippen molar-refractivity contribution < 1.29 is 32.2 Å². The van der Waals surface area contributed by atoms with E-state index in [2.05, 4.69) is 5.32 Å². The van der Waals surface area contributed by atoms with Gasteiger partial charge >= 0.3 is 6.18 Å². The van der Waals surface area contributed by atoms with Crippen LogP contribution in [-0.2, 0) is 15.8 Å². The highest BCUT2D eigenvalue weighted by Gasteiger charge is 2.39. The second kappa shape index (κ2) is 8.33. The number of Topliss-reactive ketones (excluding diaryl/α,β-unsaturated/α-hetero) is 1. The summed E-state index contributed by atoms with van der Waals surface area (Å²) in [6.07, 6.45) is -3.82. The monoisotopic (exact) mass is 445 g/mol. The number of allylic oxidation sites excluding steroid dienone is 2. The lowest BCUT2D eigenvalue weighted by atomic mass is 9.73. The van der Waals surface area contributed by atoms with E-state index in [-0.39, 0.29) is 30.4 Å². The Bertz CT molecular complexity index is 1090. The highest BCUT2D eigenvalue weighted by atomic mass is 19.4. The van der Waals surface area contributed by atoms with Crippen molar-refractivity contribution in [3.63, 3.8) is 0 Å². The Morgan fingerprint density at radius 3 is 2.28 bits per heavy atom. The Morgan fingerprint density at radius 2 is 1.66 bits per heavy atom. The number of halogens is 3. The van der Waals surface area contributed by atoms with E-state index in [1.165, 1.54) is 12.1 Å². The number of hydrogen-bond acceptors (Lipinski definition) is 4. The topological polar surface area (TPSA) is 64.6 Å². The van der Waals surface area contributed by atoms with E-state index in [1.54, 1.807) is 26.4 Å². The van der Waals surface area contributed by atoms with E-state index >= 15 is 0 Å². The summed E-state index contributed by atoms with van der Waals surface area (Å²) in [5.74, 6) is 0.0581. The summed E-state index contributed by atoms with van der Waals surface area (Å²) in [4.78, 5) is 25.6. The quantitative estimate of drug-likeness (QED) is 0.739. The number of ether oxygens (including phenoxy) is 2. The van der Waals surface area contributed by atoms with Crippen molar-refractivity contribution in [3.8, 4) is 11.5 Å². The van der Waals surface area contributed by atoms with Crippen molar-refractivity contribution in [3.05, 3.63) is 70.4 Å². The predicted molar refractivity (Wildman–Crippen MR) is 110 cm³/mol. The molecule has 1 N–H and O–H groups in total. The number of carbonyl (C=O) groups is 2. The molecular formula is C24H22F3NO4. The van der Waals surface area contributed by atoms with Crippen LogP contribution in [0, 0.1) is 0 Å². The summed E-state index contributed by atoms with van der Waals surface area (Å²) >= 11 is 0. The van der Waals surface area contributed by atoms with Crippen LogP contribution in [0.3, 0.4) is 0 Å². The first-order valence-electron chi connectivity index (χ1n) is 10.2. The molecule has 0 saturated heterocycles. The van der Waals surface area contributed by atoms with Crippen LogP contribution in [0.1, 0.15) is 47.8 Å². The summed E-state index contributed by atoms with van der Waals surface area (Å²) < 4.78 is 49.5. The third-order valence-corrected chi connectivity index (χ3v) is 6.05. The molecule has 0 aromatic heterocycles. The zero-order valence-electron chi connectivity index (χ0n) is 17.6. The second-order valence-electron chi connectivity index (χ2n) is 7.95. The molecule has 2 aromatic rings. The molecule has 4 rings (SSSR count). The molecule has 1 aliphatic carbocycles. The number of hydrogen-bond donors (Lipinski definition) is 1. The molecule has 2 aromatic carbocycles. The van der Waals surface area contributed by atoms with Gasteiger partial charge in [0.2, 0.25) is 5.91 Å². The van der Waals surface area contributed by atoms with Gasteiger partial charge in [-0.15, -0.1) is 0 Å². The molecule has 8 heteroatoms. The van der Waals surface area contributed by atoms with Crippen molar-refractivity contribution in [1.82, 2.24) is 5.32 Å². The van der Waals surface area contributed by atoms with Gasteiger partial charge in [0, 0.05) is 41.5 Å². The van der Waals surface area contributed by atoms with Gasteiger partial charge in [0.15, 0.2) is 5.78 Å². The number of benzene rings is 2. The van der Waals surface area contributed by atoms with Crippen molar-refractivity contribution in [2.75, 3.05) is 14.2 Å². The second-order valence-corrected chi connectivity index (χ2v) is 7.95. The van der Waals surface area contributed by atoms with E-state index in [0.717, 1.165) is 17.7 Å². The summed E-state index contributed by atoms with van der Waals surface area (Å²) in [5.41, 5.74) is 1.55. The third-order valence-electron chi connectivity index (χ3n) is 6.05. The smallest absolute Gasteiger partial charge is 0.416 e. The average Bonchev–Trinajstić information content (AvgIpc) is 2.77. The van der Waals surface area contributed by atoms with Crippen LogP contribution in [0.5, 0.6) is 11.5 Å². The van der Waals surface area contributed by atoms with Crippen LogP contribution in [0.15, 0.2) is 53.7 Å². The Morgan fingerprint density at radius 1 is 0.938 bits per heavy atom. The minimum absolute atomic E-state index is 0.0169. The Kier molecular flexibility index (Phi) is 5.71. The van der Waals surface area contributed by atoms with E-state index in [0.29, 0.717) is 34.8 Å². The lowest BCUT2D eigenvalue weighted by Gasteiger charge is -2.35. The average molecular weight is 445 g/mol. The Balaban J connectivity index is 1.70. The lowest BCUT2D eigenvalue weighted by Crippen LogP contribution is -2.38. The molecule has 0 spiro atoms. The van der Waals surface area contributed by atoms with E-state index in [1.807, 2.05) is 6.07 Å². The number of ketones is 1. The standard InChI is InChI=1S/C24H22F3NO4/c1-31-16-7-8-21(32-2)17(11-16)14-9-19-23(20(29)10-14)18(12-22(30)28-19)13-3-5-15(6-4-13)24(25,26)27/h3-8,11,14,18H,9-10,12H2,1-2H3,(H,28,30). The number of rotatable bonds is 4. The summed E-state index contributed by atoms with van der Waals surface area (Å²) in [6.45, 7) is 0. The highest BCUT2D eigenvalue weighted by Crippen LogP contribution is 2.45. The molecule has 1 amide bonds. The zero-order valence-corrected chi connectivity index (χ0v) is 17.6. The molecule has 1 heterocycles.